The zero-order chi connectivity index (χ0) is 19.7. The monoisotopic (exact) mass is 408 g/mol. The van der Waals surface area contributed by atoms with Crippen LogP contribution in [0.25, 0.3) is 0 Å². The molecule has 1 amide bonds. The highest BCUT2D eigenvalue weighted by Crippen LogP contribution is 2.24. The molecule has 1 aromatic heterocycles. The third-order valence-corrected chi connectivity index (χ3v) is 7.83. The molecule has 8 heteroatoms. The summed E-state index contributed by atoms with van der Waals surface area (Å²) in [5, 5.41) is 0. The molecule has 1 saturated carbocycles. The minimum absolute atomic E-state index is 0.0855. The zero-order valence-electron chi connectivity index (χ0n) is 16.8. The predicted octanol–water partition coefficient (Wildman–Crippen LogP) is 1.74. The number of piperazine rings is 1. The summed E-state index contributed by atoms with van der Waals surface area (Å²) >= 11 is 0. The molecule has 28 heavy (non-hydrogen) atoms. The minimum Gasteiger partial charge on any atom is -0.339 e. The van der Waals surface area contributed by atoms with Gasteiger partial charge < -0.3 is 9.47 Å². The predicted molar refractivity (Wildman–Crippen MR) is 109 cm³/mol. The third-order valence-electron chi connectivity index (χ3n) is 6.58. The number of carbonyl (C=O) groups excluding carboxylic acids is 1. The number of nitrogens with zero attached hydrogens (tertiary/aromatic N) is 4. The van der Waals surface area contributed by atoms with E-state index >= 15 is 0 Å². The first-order valence-corrected chi connectivity index (χ1v) is 12.4. The van der Waals surface area contributed by atoms with Crippen molar-refractivity contribution in [2.45, 2.75) is 57.7 Å². The Balaban J connectivity index is 1.42. The van der Waals surface area contributed by atoms with Crippen LogP contribution in [0.4, 0.5) is 0 Å². The fourth-order valence-electron chi connectivity index (χ4n) is 4.94. The summed E-state index contributed by atoms with van der Waals surface area (Å²) in [5.74, 6) is 0.0855. The van der Waals surface area contributed by atoms with Crippen molar-refractivity contribution in [2.75, 3.05) is 39.0 Å². The maximum Gasteiger partial charge on any atom is 0.270 e. The molecule has 156 valence electrons. The van der Waals surface area contributed by atoms with Gasteiger partial charge in [0.2, 0.25) is 10.0 Å². The second-order valence-electron chi connectivity index (χ2n) is 8.43. The number of carbonyl (C=O) groups is 1. The molecule has 0 radical (unpaired) electrons. The van der Waals surface area contributed by atoms with Crippen LogP contribution in [-0.4, -0.2) is 78.0 Å². The van der Waals surface area contributed by atoms with E-state index in [1.54, 1.807) is 0 Å². The highest BCUT2D eigenvalue weighted by molar-refractivity contribution is 7.88. The lowest BCUT2D eigenvalue weighted by molar-refractivity contribution is 0.0514. The van der Waals surface area contributed by atoms with Gasteiger partial charge in [-0.2, -0.15) is 4.31 Å². The van der Waals surface area contributed by atoms with E-state index in [9.17, 15) is 13.2 Å². The van der Waals surface area contributed by atoms with Crippen molar-refractivity contribution in [1.82, 2.24) is 18.7 Å². The van der Waals surface area contributed by atoms with Gasteiger partial charge in [0, 0.05) is 51.0 Å². The van der Waals surface area contributed by atoms with Gasteiger partial charge in [-0.25, -0.2) is 8.42 Å². The Kier molecular flexibility index (Phi) is 5.81. The normalized spacial score (nSPS) is 23.4. The summed E-state index contributed by atoms with van der Waals surface area (Å²) in [6, 6.07) is 4.49. The summed E-state index contributed by atoms with van der Waals surface area (Å²) in [5.41, 5.74) is 1.61. The van der Waals surface area contributed by atoms with Crippen LogP contribution in [0.15, 0.2) is 12.1 Å². The van der Waals surface area contributed by atoms with Crippen LogP contribution in [0.2, 0.25) is 0 Å². The van der Waals surface area contributed by atoms with Crippen LogP contribution in [0.3, 0.4) is 0 Å². The van der Waals surface area contributed by atoms with E-state index in [4.69, 9.17) is 0 Å². The molecule has 1 aliphatic carbocycles. The maximum atomic E-state index is 13.2. The molecule has 4 rings (SSSR count). The lowest BCUT2D eigenvalue weighted by atomic mass is 9.94. The molecule has 2 fully saturated rings. The van der Waals surface area contributed by atoms with E-state index < -0.39 is 10.0 Å². The molecule has 3 heterocycles. The third kappa shape index (κ3) is 4.14. The zero-order valence-corrected chi connectivity index (χ0v) is 17.7. The van der Waals surface area contributed by atoms with Crippen molar-refractivity contribution < 1.29 is 13.2 Å². The minimum atomic E-state index is -3.22. The van der Waals surface area contributed by atoms with E-state index in [0.717, 1.165) is 38.3 Å². The average Bonchev–Trinajstić information content (AvgIpc) is 2.96. The first-order valence-electron chi connectivity index (χ1n) is 10.6. The van der Waals surface area contributed by atoms with Gasteiger partial charge in [0.25, 0.3) is 5.91 Å². The highest BCUT2D eigenvalue weighted by atomic mass is 32.2. The van der Waals surface area contributed by atoms with E-state index in [0.29, 0.717) is 31.4 Å². The molecular formula is C20H32N4O3S. The first kappa shape index (κ1) is 19.9. The van der Waals surface area contributed by atoms with Crippen LogP contribution in [0.1, 0.15) is 54.7 Å². The number of rotatable bonds is 3. The molecule has 0 spiro atoms. The van der Waals surface area contributed by atoms with Crippen LogP contribution >= 0.6 is 0 Å². The van der Waals surface area contributed by atoms with E-state index in [2.05, 4.69) is 4.90 Å². The maximum absolute atomic E-state index is 13.2. The lowest BCUT2D eigenvalue weighted by Gasteiger charge is -2.40. The van der Waals surface area contributed by atoms with Crippen molar-refractivity contribution in [1.29, 1.82) is 0 Å². The van der Waals surface area contributed by atoms with Gasteiger partial charge in [-0.15, -0.1) is 0 Å². The van der Waals surface area contributed by atoms with Crippen molar-refractivity contribution in [2.24, 2.45) is 0 Å². The first-order chi connectivity index (χ1) is 13.4. The smallest absolute Gasteiger partial charge is 0.270 e. The topological polar surface area (TPSA) is 65.9 Å². The van der Waals surface area contributed by atoms with Gasteiger partial charge in [0.05, 0.1) is 12.8 Å². The molecule has 7 nitrogen and oxygen atoms in total. The quantitative estimate of drug-likeness (QED) is 0.764. The number of amides is 1. The summed E-state index contributed by atoms with van der Waals surface area (Å²) in [6.45, 7) is 5.04. The molecule has 1 saturated heterocycles. The molecule has 0 bridgehead atoms. The van der Waals surface area contributed by atoms with Crippen molar-refractivity contribution in [3.8, 4) is 0 Å². The summed E-state index contributed by atoms with van der Waals surface area (Å²) < 4.78 is 27.4. The molecule has 0 atom stereocenters. The fourth-order valence-corrected chi connectivity index (χ4v) is 5.77. The molecule has 0 aromatic carbocycles. The fraction of sp³-hybridized carbons (Fsp3) is 0.750. The Morgan fingerprint density at radius 1 is 0.929 bits per heavy atom. The molecule has 2 aliphatic heterocycles. The Labute approximate surface area is 168 Å². The van der Waals surface area contributed by atoms with Crippen molar-refractivity contribution in [3.05, 3.63) is 23.5 Å². The largest absolute Gasteiger partial charge is 0.339 e. The van der Waals surface area contributed by atoms with Crippen molar-refractivity contribution >= 4 is 15.9 Å². The Morgan fingerprint density at radius 3 is 2.32 bits per heavy atom. The lowest BCUT2D eigenvalue weighted by Crippen LogP contribution is -2.52. The van der Waals surface area contributed by atoms with Crippen molar-refractivity contribution in [3.63, 3.8) is 0 Å². The SMILES string of the molecule is CS(=O)(=O)N1CCCn2c(ccc2C(=O)N2CCN(C3CCCCC3)CC2)C1. The van der Waals surface area contributed by atoms with Crippen LogP contribution < -0.4 is 0 Å². The van der Waals surface area contributed by atoms with E-state index in [1.807, 2.05) is 21.6 Å². The van der Waals surface area contributed by atoms with Gasteiger partial charge >= 0.3 is 0 Å². The standard InChI is InChI=1S/C20H32N4O3S/c1-28(26,27)23-10-5-11-24-18(16-23)8-9-19(24)20(25)22-14-12-21(13-15-22)17-6-3-2-4-7-17/h8-9,17H,2-7,10-16H2,1H3. The van der Waals surface area contributed by atoms with E-state index in [-0.39, 0.29) is 5.91 Å². The second-order valence-corrected chi connectivity index (χ2v) is 10.4. The molecule has 1 aromatic rings. The molecule has 3 aliphatic rings. The van der Waals surface area contributed by atoms with E-state index in [1.165, 1.54) is 42.7 Å². The Morgan fingerprint density at radius 2 is 1.64 bits per heavy atom. The summed E-state index contributed by atoms with van der Waals surface area (Å²) in [6.07, 6.45) is 8.63. The molecular weight excluding hydrogens is 376 g/mol. The van der Waals surface area contributed by atoms with Gasteiger partial charge in [-0.1, -0.05) is 19.3 Å². The summed E-state index contributed by atoms with van der Waals surface area (Å²) in [4.78, 5) is 17.7. The number of fused-ring (bicyclic) bond motifs is 1. The number of hydrogen-bond donors (Lipinski definition) is 0. The van der Waals surface area contributed by atoms with Gasteiger partial charge in [-0.05, 0) is 31.4 Å². The number of aromatic nitrogens is 1. The Bertz CT molecular complexity index is 805. The van der Waals surface area contributed by atoms with Gasteiger partial charge in [-0.3, -0.25) is 9.69 Å². The summed E-state index contributed by atoms with van der Waals surface area (Å²) in [7, 11) is -3.22. The number of hydrogen-bond acceptors (Lipinski definition) is 4. The Hall–Kier alpha value is -1.38. The van der Waals surface area contributed by atoms with Crippen LogP contribution in [-0.2, 0) is 23.1 Å². The molecule has 0 N–H and O–H groups in total. The van der Waals surface area contributed by atoms with Crippen LogP contribution in [0, 0.1) is 0 Å². The van der Waals surface area contributed by atoms with Gasteiger partial charge in [0.15, 0.2) is 0 Å². The molecule has 0 unspecified atom stereocenters. The highest BCUT2D eigenvalue weighted by Gasteiger charge is 2.30. The van der Waals surface area contributed by atoms with Gasteiger partial charge in [0.1, 0.15) is 5.69 Å². The second kappa shape index (κ2) is 8.16. The number of sulfonamides is 1. The average molecular weight is 409 g/mol. The van der Waals surface area contributed by atoms with Crippen LogP contribution in [0.5, 0.6) is 0 Å².